The number of hydrogen-bond acceptors (Lipinski definition) is 10. The lowest BCUT2D eigenvalue weighted by Gasteiger charge is -2.43. The largest absolute Gasteiger partial charge is 0.369 e. The fourth-order valence-corrected chi connectivity index (χ4v) is 10.5. The Labute approximate surface area is 357 Å². The Kier molecular flexibility index (Phi) is 10.7. The van der Waals surface area contributed by atoms with Gasteiger partial charge in [0.25, 0.3) is 11.8 Å². The Morgan fingerprint density at radius 2 is 1.72 bits per heavy atom. The zero-order valence-electron chi connectivity index (χ0n) is 33.9. The van der Waals surface area contributed by atoms with Crippen LogP contribution >= 0.6 is 11.3 Å². The van der Waals surface area contributed by atoms with Gasteiger partial charge in [0, 0.05) is 85.8 Å². The molecule has 15 heteroatoms. The number of aryl methyl sites for hydroxylation is 1. The van der Waals surface area contributed by atoms with Crippen molar-refractivity contribution in [2.45, 2.75) is 76.2 Å². The van der Waals surface area contributed by atoms with Gasteiger partial charge in [-0.2, -0.15) is 0 Å². The van der Waals surface area contributed by atoms with Crippen LogP contribution in [0.4, 0.5) is 15.2 Å². The average molecular weight is 842 g/mol. The topological polar surface area (TPSA) is 136 Å². The molecule has 5 aliphatic heterocycles. The number of piperazine rings is 1. The van der Waals surface area contributed by atoms with Crippen molar-refractivity contribution in [2.24, 2.45) is 0 Å². The number of hydrogen-bond donors (Lipinski definition) is 2. The van der Waals surface area contributed by atoms with Crippen molar-refractivity contribution < 1.29 is 23.6 Å². The van der Waals surface area contributed by atoms with Gasteiger partial charge in [-0.1, -0.05) is 36.4 Å². The SMILES string of the molecule is O=C1CCC(c2cccc(CN3CCC(N4CCN(c5ccc(-c6cc(F)c7c(c6)C(=O)N(C(C(=O)Nc6nccs6)c6ncn8c6CCC8)C7)cc5)CC4)CC3)c2)C(=O)N1. The summed E-state index contributed by atoms with van der Waals surface area (Å²) in [6.07, 6.45) is 8.19. The number of carbonyl (C=O) groups is 4. The molecule has 3 aromatic carbocycles. The van der Waals surface area contributed by atoms with Gasteiger partial charge in [-0.05, 0) is 91.7 Å². The molecule has 2 unspecified atom stereocenters. The number of anilines is 2. The van der Waals surface area contributed by atoms with E-state index in [0.717, 1.165) is 101 Å². The van der Waals surface area contributed by atoms with Gasteiger partial charge < -0.3 is 14.4 Å². The molecule has 61 heavy (non-hydrogen) atoms. The summed E-state index contributed by atoms with van der Waals surface area (Å²) in [7, 11) is 0. The van der Waals surface area contributed by atoms with Crippen molar-refractivity contribution in [1.82, 2.24) is 34.6 Å². The number of imide groups is 1. The van der Waals surface area contributed by atoms with Crippen LogP contribution in [-0.4, -0.2) is 98.2 Å². The fourth-order valence-electron chi connectivity index (χ4n) is 10.00. The predicted molar refractivity (Wildman–Crippen MR) is 229 cm³/mol. The molecule has 0 saturated carbocycles. The number of amides is 4. The van der Waals surface area contributed by atoms with Crippen LogP contribution in [-0.2, 0) is 40.4 Å². The monoisotopic (exact) mass is 841 g/mol. The van der Waals surface area contributed by atoms with Crippen molar-refractivity contribution >= 4 is 45.8 Å². The zero-order valence-corrected chi connectivity index (χ0v) is 34.7. The third-order valence-corrected chi connectivity index (χ3v) is 13.9. The van der Waals surface area contributed by atoms with Crippen LogP contribution in [0.2, 0.25) is 0 Å². The molecule has 0 aliphatic carbocycles. The first-order chi connectivity index (χ1) is 29.8. The molecule has 3 saturated heterocycles. The third-order valence-electron chi connectivity index (χ3n) is 13.2. The number of fused-ring (bicyclic) bond motifs is 2. The lowest BCUT2D eigenvalue weighted by molar-refractivity contribution is -0.134. The van der Waals surface area contributed by atoms with Gasteiger partial charge >= 0.3 is 0 Å². The molecule has 0 radical (unpaired) electrons. The summed E-state index contributed by atoms with van der Waals surface area (Å²) in [5, 5.41) is 7.53. The highest BCUT2D eigenvalue weighted by Gasteiger charge is 2.42. The van der Waals surface area contributed by atoms with Gasteiger partial charge in [-0.25, -0.2) is 14.4 Å². The third kappa shape index (κ3) is 7.86. The summed E-state index contributed by atoms with van der Waals surface area (Å²) in [5.74, 6) is -1.93. The molecule has 2 aromatic heterocycles. The minimum absolute atomic E-state index is 0.0325. The number of likely N-dealkylation sites (tertiary alicyclic amines) is 1. The highest BCUT2D eigenvalue weighted by Crippen LogP contribution is 2.38. The van der Waals surface area contributed by atoms with Gasteiger partial charge in [0.2, 0.25) is 11.8 Å². The fraction of sp³-hybridized carbons (Fsp3) is 0.391. The molecule has 5 aliphatic rings. The molecule has 0 bridgehead atoms. The van der Waals surface area contributed by atoms with Crippen molar-refractivity contribution in [3.05, 3.63) is 118 Å². The maximum absolute atomic E-state index is 16.0. The van der Waals surface area contributed by atoms with E-state index in [1.54, 1.807) is 24.0 Å². The summed E-state index contributed by atoms with van der Waals surface area (Å²) < 4.78 is 18.0. The number of imidazole rings is 1. The van der Waals surface area contributed by atoms with E-state index in [0.29, 0.717) is 35.3 Å². The Bertz CT molecular complexity index is 2470. The van der Waals surface area contributed by atoms with Crippen molar-refractivity contribution in [2.75, 3.05) is 49.5 Å². The number of piperidine rings is 2. The Morgan fingerprint density at radius 3 is 2.49 bits per heavy atom. The molecule has 2 N–H and O–H groups in total. The van der Waals surface area contributed by atoms with E-state index < -0.39 is 23.7 Å². The van der Waals surface area contributed by atoms with Crippen LogP contribution < -0.4 is 15.5 Å². The Morgan fingerprint density at radius 1 is 0.902 bits per heavy atom. The van der Waals surface area contributed by atoms with E-state index >= 15 is 4.39 Å². The molecule has 2 atom stereocenters. The minimum atomic E-state index is -1.03. The van der Waals surface area contributed by atoms with E-state index in [2.05, 4.69) is 59.6 Å². The van der Waals surface area contributed by atoms with Crippen molar-refractivity contribution in [3.8, 4) is 11.1 Å². The quantitative estimate of drug-likeness (QED) is 0.169. The lowest BCUT2D eigenvalue weighted by Crippen LogP contribution is -2.53. The maximum Gasteiger partial charge on any atom is 0.255 e. The Hall–Kier alpha value is -5.77. The van der Waals surface area contributed by atoms with Crippen molar-refractivity contribution in [3.63, 3.8) is 0 Å². The van der Waals surface area contributed by atoms with Crippen LogP contribution in [0.3, 0.4) is 0 Å². The summed E-state index contributed by atoms with van der Waals surface area (Å²) in [6.45, 7) is 7.49. The first kappa shape index (κ1) is 39.4. The van der Waals surface area contributed by atoms with Crippen LogP contribution in [0.25, 0.3) is 11.1 Å². The standard InChI is InChI=1S/C46H48FN9O4S/c47-38-25-32(24-36-37(38)27-56(45(36)60)42(44(59)51-46-48-14-22-61-46)41-39-5-2-15-55(39)28-49-41)30-6-8-33(9-7-30)53-18-20-54(21-19-53)34-12-16-52(17-13-34)26-29-3-1-4-31(23-29)35-10-11-40(57)50-43(35)58/h1,3-4,6-9,14,22-25,28,34-35,42H,2,5,10-13,15-21,26-27H2,(H,48,51,59)(H,50,57,58). The maximum atomic E-state index is 16.0. The molecule has 7 heterocycles. The van der Waals surface area contributed by atoms with E-state index in [1.807, 2.05) is 28.8 Å². The van der Waals surface area contributed by atoms with Gasteiger partial charge in [-0.15, -0.1) is 11.3 Å². The Balaban J connectivity index is 0.752. The molecule has 314 valence electrons. The first-order valence-electron chi connectivity index (χ1n) is 21.4. The second kappa shape index (κ2) is 16.6. The van der Waals surface area contributed by atoms with Crippen LogP contribution in [0.5, 0.6) is 0 Å². The van der Waals surface area contributed by atoms with Gasteiger partial charge in [0.1, 0.15) is 5.82 Å². The molecule has 13 nitrogen and oxygen atoms in total. The highest BCUT2D eigenvalue weighted by molar-refractivity contribution is 7.13. The predicted octanol–water partition coefficient (Wildman–Crippen LogP) is 5.73. The number of halogens is 1. The van der Waals surface area contributed by atoms with Crippen molar-refractivity contribution in [1.29, 1.82) is 0 Å². The second-order valence-corrected chi connectivity index (χ2v) is 17.7. The molecule has 0 spiro atoms. The highest BCUT2D eigenvalue weighted by atomic mass is 32.1. The molecule has 5 aromatic rings. The molecular formula is C46H48FN9O4S. The number of nitrogens with zero attached hydrogens (tertiary/aromatic N) is 7. The summed E-state index contributed by atoms with van der Waals surface area (Å²) in [4.78, 5) is 69.9. The number of rotatable bonds is 10. The zero-order chi connectivity index (χ0) is 41.6. The number of aromatic nitrogens is 3. The summed E-state index contributed by atoms with van der Waals surface area (Å²) in [6, 6.07) is 19.2. The van der Waals surface area contributed by atoms with Crippen LogP contribution in [0, 0.1) is 5.82 Å². The number of carbonyl (C=O) groups excluding carboxylic acids is 4. The summed E-state index contributed by atoms with van der Waals surface area (Å²) >= 11 is 1.29. The first-order valence-corrected chi connectivity index (χ1v) is 22.3. The van der Waals surface area contributed by atoms with Gasteiger partial charge in [-0.3, -0.25) is 39.6 Å². The van der Waals surface area contributed by atoms with Crippen LogP contribution in [0.15, 0.2) is 78.6 Å². The normalized spacial score (nSPS) is 20.5. The molecule has 3 fully saturated rings. The van der Waals surface area contributed by atoms with Gasteiger partial charge in [0.15, 0.2) is 11.2 Å². The lowest BCUT2D eigenvalue weighted by atomic mass is 9.89. The van der Waals surface area contributed by atoms with Gasteiger partial charge in [0.05, 0.1) is 24.5 Å². The molecule has 10 rings (SSSR count). The van der Waals surface area contributed by atoms with E-state index in [-0.39, 0.29) is 35.4 Å². The van der Waals surface area contributed by atoms with E-state index in [4.69, 9.17) is 0 Å². The second-order valence-electron chi connectivity index (χ2n) is 16.8. The van der Waals surface area contributed by atoms with E-state index in [1.165, 1.54) is 27.9 Å². The minimum Gasteiger partial charge on any atom is -0.369 e. The van der Waals surface area contributed by atoms with Crippen LogP contribution in [0.1, 0.15) is 82.5 Å². The number of nitrogens with one attached hydrogen (secondary N) is 2. The average Bonchev–Trinajstić information content (AvgIpc) is 4.10. The smallest absolute Gasteiger partial charge is 0.255 e. The summed E-state index contributed by atoms with van der Waals surface area (Å²) in [5.41, 5.74) is 6.74. The number of thiazole rings is 1. The molecular weight excluding hydrogens is 794 g/mol. The number of benzene rings is 3. The molecule has 4 amide bonds. The van der Waals surface area contributed by atoms with E-state index in [9.17, 15) is 19.2 Å².